The average Bonchev–Trinajstić information content (AvgIpc) is 2.61. The summed E-state index contributed by atoms with van der Waals surface area (Å²) in [5.74, 6) is 1.05. The second kappa shape index (κ2) is 8.27. The fourth-order valence-corrected chi connectivity index (χ4v) is 1.86. The minimum atomic E-state index is -0.401. The van der Waals surface area contributed by atoms with Gasteiger partial charge in [-0.25, -0.2) is 4.79 Å². The molecular formula is C17H23N5O3. The number of ether oxygens (including phenoxy) is 2. The van der Waals surface area contributed by atoms with Crippen LogP contribution in [0.25, 0.3) is 0 Å². The molecule has 0 fully saturated rings. The molecule has 1 atom stereocenters. The summed E-state index contributed by atoms with van der Waals surface area (Å²) in [6, 6.07) is 6.96. The zero-order valence-corrected chi connectivity index (χ0v) is 15.1. The molecule has 0 saturated carbocycles. The van der Waals surface area contributed by atoms with Crippen LogP contribution in [-0.2, 0) is 4.74 Å². The minimum Gasteiger partial charge on any atom is -0.465 e. The topological polar surface area (TPSA) is 89.5 Å². The molecule has 0 bridgehead atoms. The summed E-state index contributed by atoms with van der Waals surface area (Å²) in [5.41, 5.74) is 0.443. The van der Waals surface area contributed by atoms with Crippen LogP contribution in [0.15, 0.2) is 24.3 Å². The van der Waals surface area contributed by atoms with E-state index in [4.69, 9.17) is 4.74 Å². The Morgan fingerprint density at radius 3 is 2.44 bits per heavy atom. The van der Waals surface area contributed by atoms with E-state index in [-0.39, 0.29) is 12.1 Å². The summed E-state index contributed by atoms with van der Waals surface area (Å²) in [6.45, 7) is 4.12. The number of nitrogens with one attached hydrogen (secondary N) is 1. The van der Waals surface area contributed by atoms with Crippen molar-refractivity contribution in [1.82, 2.24) is 15.0 Å². The molecule has 2 rings (SSSR count). The van der Waals surface area contributed by atoms with E-state index in [2.05, 4.69) is 31.9 Å². The molecule has 0 aliphatic carbocycles. The monoisotopic (exact) mass is 345 g/mol. The highest BCUT2D eigenvalue weighted by Gasteiger charge is 2.12. The third kappa shape index (κ3) is 5.03. The number of carbonyl (C=O) groups excluding carboxylic acids is 1. The second-order valence-corrected chi connectivity index (χ2v) is 5.71. The summed E-state index contributed by atoms with van der Waals surface area (Å²) in [7, 11) is 5.03. The van der Waals surface area contributed by atoms with Crippen molar-refractivity contribution in [3.05, 3.63) is 29.8 Å². The van der Waals surface area contributed by atoms with Gasteiger partial charge in [0.2, 0.25) is 11.9 Å². The summed E-state index contributed by atoms with van der Waals surface area (Å²) >= 11 is 0. The fourth-order valence-electron chi connectivity index (χ4n) is 1.86. The van der Waals surface area contributed by atoms with Gasteiger partial charge in [0.15, 0.2) is 0 Å². The highest BCUT2D eigenvalue weighted by Crippen LogP contribution is 2.21. The number of esters is 1. The Labute approximate surface area is 147 Å². The van der Waals surface area contributed by atoms with Crippen LogP contribution in [0.4, 0.5) is 11.9 Å². The van der Waals surface area contributed by atoms with Crippen molar-refractivity contribution in [2.75, 3.05) is 31.4 Å². The van der Waals surface area contributed by atoms with E-state index >= 15 is 0 Å². The van der Waals surface area contributed by atoms with Gasteiger partial charge in [0, 0.05) is 20.1 Å². The third-order valence-corrected chi connectivity index (χ3v) is 3.48. The van der Waals surface area contributed by atoms with Crippen LogP contribution in [0.1, 0.15) is 30.6 Å². The number of nitrogens with zero attached hydrogens (tertiary/aromatic N) is 4. The zero-order chi connectivity index (χ0) is 18.4. The predicted octanol–water partition coefficient (Wildman–Crippen LogP) is 2.73. The Hall–Kier alpha value is -2.90. The quantitative estimate of drug-likeness (QED) is 0.766. The Kier molecular flexibility index (Phi) is 6.10. The molecule has 25 heavy (non-hydrogen) atoms. The van der Waals surface area contributed by atoms with Crippen molar-refractivity contribution in [1.29, 1.82) is 0 Å². The van der Waals surface area contributed by atoms with Crippen LogP contribution in [0.5, 0.6) is 11.8 Å². The highest BCUT2D eigenvalue weighted by molar-refractivity contribution is 5.89. The van der Waals surface area contributed by atoms with Crippen molar-refractivity contribution >= 4 is 17.9 Å². The van der Waals surface area contributed by atoms with E-state index in [0.29, 0.717) is 23.2 Å². The van der Waals surface area contributed by atoms with Crippen LogP contribution >= 0.6 is 0 Å². The maximum Gasteiger partial charge on any atom is 0.337 e. The Morgan fingerprint density at radius 1 is 1.20 bits per heavy atom. The lowest BCUT2D eigenvalue weighted by atomic mass is 10.2. The van der Waals surface area contributed by atoms with E-state index in [1.165, 1.54) is 7.11 Å². The number of aromatic nitrogens is 3. The second-order valence-electron chi connectivity index (χ2n) is 5.71. The fraction of sp³-hybridized carbons (Fsp3) is 0.412. The minimum absolute atomic E-state index is 0.176. The van der Waals surface area contributed by atoms with Crippen molar-refractivity contribution in [3.8, 4) is 11.8 Å². The van der Waals surface area contributed by atoms with Gasteiger partial charge in [0.05, 0.1) is 12.7 Å². The normalized spacial score (nSPS) is 11.6. The Bertz CT molecular complexity index is 719. The largest absolute Gasteiger partial charge is 0.465 e. The number of benzene rings is 1. The number of hydrogen-bond donors (Lipinski definition) is 1. The summed E-state index contributed by atoms with van der Waals surface area (Å²) in [5, 5.41) is 3.21. The number of rotatable bonds is 7. The van der Waals surface area contributed by atoms with E-state index in [1.807, 2.05) is 21.0 Å². The molecular weight excluding hydrogens is 322 g/mol. The maximum absolute atomic E-state index is 11.5. The molecule has 134 valence electrons. The molecule has 1 aromatic heterocycles. The van der Waals surface area contributed by atoms with Crippen LogP contribution < -0.4 is 15.0 Å². The first-order valence-electron chi connectivity index (χ1n) is 7.99. The van der Waals surface area contributed by atoms with Crippen LogP contribution in [-0.4, -0.2) is 48.2 Å². The van der Waals surface area contributed by atoms with Gasteiger partial charge >= 0.3 is 12.0 Å². The van der Waals surface area contributed by atoms with Gasteiger partial charge in [-0.2, -0.15) is 15.0 Å². The average molecular weight is 345 g/mol. The molecule has 0 radical (unpaired) electrons. The lowest BCUT2D eigenvalue weighted by Gasteiger charge is -2.16. The number of hydrogen-bond acceptors (Lipinski definition) is 8. The van der Waals surface area contributed by atoms with E-state index in [0.717, 1.165) is 6.42 Å². The summed E-state index contributed by atoms with van der Waals surface area (Å²) in [4.78, 5) is 26.2. The molecule has 0 spiro atoms. The van der Waals surface area contributed by atoms with Crippen LogP contribution in [0.2, 0.25) is 0 Å². The molecule has 8 heteroatoms. The zero-order valence-electron chi connectivity index (χ0n) is 15.1. The molecule has 2 aromatic rings. The lowest BCUT2D eigenvalue weighted by Crippen LogP contribution is -2.19. The molecule has 0 aliphatic rings. The van der Waals surface area contributed by atoms with Gasteiger partial charge in [-0.15, -0.1) is 0 Å². The van der Waals surface area contributed by atoms with Crippen molar-refractivity contribution in [2.24, 2.45) is 0 Å². The highest BCUT2D eigenvalue weighted by atomic mass is 16.5. The molecule has 0 saturated heterocycles. The molecule has 0 aliphatic heterocycles. The van der Waals surface area contributed by atoms with E-state index in [9.17, 15) is 4.79 Å². The molecule has 1 heterocycles. The Morgan fingerprint density at radius 2 is 1.88 bits per heavy atom. The first-order chi connectivity index (χ1) is 11.9. The van der Waals surface area contributed by atoms with E-state index in [1.54, 1.807) is 29.2 Å². The van der Waals surface area contributed by atoms with Crippen molar-refractivity contribution in [3.63, 3.8) is 0 Å². The number of carbonyl (C=O) groups is 1. The molecule has 0 amide bonds. The van der Waals surface area contributed by atoms with Gasteiger partial charge in [-0.3, -0.25) is 0 Å². The van der Waals surface area contributed by atoms with Crippen LogP contribution in [0.3, 0.4) is 0 Å². The summed E-state index contributed by atoms with van der Waals surface area (Å²) < 4.78 is 10.4. The first-order valence-corrected chi connectivity index (χ1v) is 7.99. The molecule has 1 unspecified atom stereocenters. The molecule has 8 nitrogen and oxygen atoms in total. The number of methoxy groups -OCH3 is 1. The van der Waals surface area contributed by atoms with Gasteiger partial charge in [-0.05, 0) is 37.6 Å². The third-order valence-electron chi connectivity index (χ3n) is 3.48. The molecule has 1 N–H and O–H groups in total. The van der Waals surface area contributed by atoms with Gasteiger partial charge in [0.1, 0.15) is 5.75 Å². The summed E-state index contributed by atoms with van der Waals surface area (Å²) in [6.07, 6.45) is 0.939. The van der Waals surface area contributed by atoms with Gasteiger partial charge < -0.3 is 19.7 Å². The van der Waals surface area contributed by atoms with E-state index < -0.39 is 5.97 Å². The number of anilines is 2. The lowest BCUT2D eigenvalue weighted by molar-refractivity contribution is 0.0600. The smallest absolute Gasteiger partial charge is 0.337 e. The predicted molar refractivity (Wildman–Crippen MR) is 95.4 cm³/mol. The van der Waals surface area contributed by atoms with Crippen molar-refractivity contribution in [2.45, 2.75) is 26.3 Å². The maximum atomic E-state index is 11.5. The van der Waals surface area contributed by atoms with Crippen LogP contribution in [0, 0.1) is 0 Å². The Balaban J connectivity index is 2.23. The molecule has 1 aromatic carbocycles. The first kappa shape index (κ1) is 18.4. The van der Waals surface area contributed by atoms with Gasteiger partial charge in [0.25, 0.3) is 0 Å². The van der Waals surface area contributed by atoms with Crippen molar-refractivity contribution < 1.29 is 14.3 Å². The van der Waals surface area contributed by atoms with Gasteiger partial charge in [-0.1, -0.05) is 6.92 Å². The SMILES string of the molecule is CCC(C)Nc1nc(Oc2ccc(C(=O)OC)cc2)nc(N(C)C)n1. The standard InChI is InChI=1S/C17H23N5O3/c1-6-11(2)18-15-19-16(22(3)4)21-17(20-15)25-13-9-7-12(8-10-13)14(23)24-5/h7-11H,6H2,1-5H3,(H,18,19,20,21).